The van der Waals surface area contributed by atoms with Gasteiger partial charge in [-0.3, -0.25) is 9.78 Å². The molecule has 0 fully saturated rings. The Morgan fingerprint density at radius 3 is 2.90 bits per heavy atom. The molecule has 0 atom stereocenters. The number of pyridine rings is 2. The molecule has 2 heterocycles. The van der Waals surface area contributed by atoms with Crippen LogP contribution in [0.25, 0.3) is 0 Å². The molecule has 1 aliphatic rings. The summed E-state index contributed by atoms with van der Waals surface area (Å²) in [5.74, 6) is -0.202. The number of carbonyl (C=O) groups is 1. The minimum absolute atomic E-state index is 0.202. The van der Waals surface area contributed by atoms with E-state index in [4.69, 9.17) is 0 Å². The van der Waals surface area contributed by atoms with Gasteiger partial charge in [-0.05, 0) is 71.8 Å². The van der Waals surface area contributed by atoms with E-state index in [2.05, 4.69) is 31.2 Å². The van der Waals surface area contributed by atoms with E-state index in [1.807, 2.05) is 25.3 Å². The van der Waals surface area contributed by atoms with Crippen molar-refractivity contribution in [2.45, 2.75) is 32.6 Å². The van der Waals surface area contributed by atoms with Gasteiger partial charge in [0.1, 0.15) is 5.69 Å². The molecular weight excluding hydrogens is 330 g/mol. The van der Waals surface area contributed by atoms with Crippen LogP contribution in [0.2, 0.25) is 0 Å². The molecule has 0 spiro atoms. The molecule has 5 heteroatoms. The topological polar surface area (TPSA) is 54.9 Å². The standard InChI is InChI=1S/C16H16BrN3O/c1-10-6-7-13(17)15(19-10)16(21)20-14-9-18-8-11-4-2-3-5-12(11)14/h6-9H,2-5H2,1H3,(H,20,21). The van der Waals surface area contributed by atoms with Crippen LogP contribution in [0.3, 0.4) is 0 Å². The summed E-state index contributed by atoms with van der Waals surface area (Å²) in [5.41, 5.74) is 4.50. The van der Waals surface area contributed by atoms with Crippen molar-refractivity contribution in [1.29, 1.82) is 0 Å². The molecule has 1 amide bonds. The lowest BCUT2D eigenvalue weighted by Gasteiger charge is -2.19. The van der Waals surface area contributed by atoms with Crippen molar-refractivity contribution >= 4 is 27.5 Å². The largest absolute Gasteiger partial charge is 0.319 e. The van der Waals surface area contributed by atoms with E-state index in [1.165, 1.54) is 17.5 Å². The van der Waals surface area contributed by atoms with Crippen molar-refractivity contribution in [3.8, 4) is 0 Å². The molecule has 2 aromatic heterocycles. The Kier molecular flexibility index (Phi) is 4.01. The van der Waals surface area contributed by atoms with Gasteiger partial charge in [-0.2, -0.15) is 0 Å². The van der Waals surface area contributed by atoms with Crippen molar-refractivity contribution in [2.24, 2.45) is 0 Å². The first-order valence-electron chi connectivity index (χ1n) is 7.05. The number of hydrogen-bond acceptors (Lipinski definition) is 3. The fourth-order valence-electron chi connectivity index (χ4n) is 2.65. The van der Waals surface area contributed by atoms with Gasteiger partial charge in [0.15, 0.2) is 0 Å². The number of fused-ring (bicyclic) bond motifs is 1. The van der Waals surface area contributed by atoms with Gasteiger partial charge in [0.25, 0.3) is 5.91 Å². The Hall–Kier alpha value is -1.75. The SMILES string of the molecule is Cc1ccc(Br)c(C(=O)Nc2cncc3c2CCCC3)n1. The molecule has 3 rings (SSSR count). The fraction of sp³-hybridized carbons (Fsp3) is 0.312. The number of rotatable bonds is 2. The van der Waals surface area contributed by atoms with Crippen LogP contribution in [-0.2, 0) is 12.8 Å². The van der Waals surface area contributed by atoms with E-state index >= 15 is 0 Å². The van der Waals surface area contributed by atoms with Gasteiger partial charge in [-0.1, -0.05) is 0 Å². The molecule has 0 bridgehead atoms. The van der Waals surface area contributed by atoms with Crippen LogP contribution in [0.15, 0.2) is 29.0 Å². The lowest BCUT2D eigenvalue weighted by atomic mass is 9.92. The second kappa shape index (κ2) is 5.93. The van der Waals surface area contributed by atoms with E-state index in [0.29, 0.717) is 10.2 Å². The highest BCUT2D eigenvalue weighted by molar-refractivity contribution is 9.10. The number of anilines is 1. The molecule has 0 radical (unpaired) electrons. The molecule has 0 unspecified atom stereocenters. The number of nitrogens with one attached hydrogen (secondary N) is 1. The van der Waals surface area contributed by atoms with Crippen LogP contribution >= 0.6 is 15.9 Å². The zero-order valence-corrected chi connectivity index (χ0v) is 13.4. The van der Waals surface area contributed by atoms with Gasteiger partial charge in [0.2, 0.25) is 0 Å². The maximum absolute atomic E-state index is 12.4. The smallest absolute Gasteiger partial charge is 0.275 e. The van der Waals surface area contributed by atoms with Crippen molar-refractivity contribution in [3.63, 3.8) is 0 Å². The van der Waals surface area contributed by atoms with Gasteiger partial charge in [0.05, 0.1) is 11.9 Å². The molecule has 4 nitrogen and oxygen atoms in total. The summed E-state index contributed by atoms with van der Waals surface area (Å²) in [7, 11) is 0. The average Bonchev–Trinajstić information content (AvgIpc) is 2.50. The van der Waals surface area contributed by atoms with Crippen LogP contribution in [0.1, 0.15) is 40.2 Å². The molecule has 108 valence electrons. The van der Waals surface area contributed by atoms with Gasteiger partial charge < -0.3 is 5.32 Å². The van der Waals surface area contributed by atoms with Crippen LogP contribution < -0.4 is 5.32 Å². The molecular formula is C16H16BrN3O. The molecule has 0 saturated heterocycles. The van der Waals surface area contributed by atoms with E-state index in [0.717, 1.165) is 30.6 Å². The van der Waals surface area contributed by atoms with E-state index in [9.17, 15) is 4.79 Å². The van der Waals surface area contributed by atoms with Crippen LogP contribution in [0, 0.1) is 6.92 Å². The average molecular weight is 346 g/mol. The van der Waals surface area contributed by atoms with E-state index < -0.39 is 0 Å². The summed E-state index contributed by atoms with van der Waals surface area (Å²) in [4.78, 5) is 21.0. The predicted molar refractivity (Wildman–Crippen MR) is 85.5 cm³/mol. The summed E-state index contributed by atoms with van der Waals surface area (Å²) in [5, 5.41) is 2.96. The predicted octanol–water partition coefficient (Wildman–Crippen LogP) is 3.68. The molecule has 0 aromatic carbocycles. The van der Waals surface area contributed by atoms with Gasteiger partial charge in [-0.25, -0.2) is 4.98 Å². The Balaban J connectivity index is 1.90. The normalized spacial score (nSPS) is 13.6. The maximum atomic E-state index is 12.4. The molecule has 21 heavy (non-hydrogen) atoms. The fourth-order valence-corrected chi connectivity index (χ4v) is 3.05. The second-order valence-electron chi connectivity index (χ2n) is 5.27. The summed E-state index contributed by atoms with van der Waals surface area (Å²) < 4.78 is 0.698. The minimum atomic E-state index is -0.202. The number of aromatic nitrogens is 2. The van der Waals surface area contributed by atoms with E-state index in [1.54, 1.807) is 6.20 Å². The summed E-state index contributed by atoms with van der Waals surface area (Å²) in [6.07, 6.45) is 8.02. The van der Waals surface area contributed by atoms with Crippen LogP contribution in [-0.4, -0.2) is 15.9 Å². The zero-order valence-electron chi connectivity index (χ0n) is 11.8. The third kappa shape index (κ3) is 2.97. The number of nitrogens with zero attached hydrogens (tertiary/aromatic N) is 2. The first-order chi connectivity index (χ1) is 10.1. The van der Waals surface area contributed by atoms with Crippen molar-refractivity contribution in [1.82, 2.24) is 9.97 Å². The van der Waals surface area contributed by atoms with Gasteiger partial charge in [0, 0.05) is 16.4 Å². The Morgan fingerprint density at radius 2 is 2.05 bits per heavy atom. The lowest BCUT2D eigenvalue weighted by molar-refractivity contribution is 0.102. The van der Waals surface area contributed by atoms with Gasteiger partial charge in [-0.15, -0.1) is 0 Å². The molecule has 2 aromatic rings. The monoisotopic (exact) mass is 345 g/mol. The van der Waals surface area contributed by atoms with Crippen molar-refractivity contribution in [2.75, 3.05) is 5.32 Å². The second-order valence-corrected chi connectivity index (χ2v) is 6.12. The van der Waals surface area contributed by atoms with Crippen molar-refractivity contribution in [3.05, 3.63) is 51.5 Å². The third-order valence-corrected chi connectivity index (χ3v) is 4.36. The third-order valence-electron chi connectivity index (χ3n) is 3.72. The number of aryl methyl sites for hydroxylation is 2. The zero-order chi connectivity index (χ0) is 14.8. The number of halogens is 1. The molecule has 1 N–H and O–H groups in total. The maximum Gasteiger partial charge on any atom is 0.275 e. The Bertz CT molecular complexity index is 700. The Labute approximate surface area is 132 Å². The van der Waals surface area contributed by atoms with Crippen LogP contribution in [0.4, 0.5) is 5.69 Å². The summed E-state index contributed by atoms with van der Waals surface area (Å²) >= 11 is 3.38. The minimum Gasteiger partial charge on any atom is -0.319 e. The molecule has 0 saturated carbocycles. The highest BCUT2D eigenvalue weighted by atomic mass is 79.9. The quantitative estimate of drug-likeness (QED) is 0.903. The first-order valence-corrected chi connectivity index (χ1v) is 7.84. The van der Waals surface area contributed by atoms with Gasteiger partial charge >= 0.3 is 0 Å². The molecule has 0 aliphatic heterocycles. The molecule has 1 aliphatic carbocycles. The van der Waals surface area contributed by atoms with Crippen LogP contribution in [0.5, 0.6) is 0 Å². The highest BCUT2D eigenvalue weighted by Crippen LogP contribution is 2.27. The summed E-state index contributed by atoms with van der Waals surface area (Å²) in [6.45, 7) is 1.87. The number of hydrogen-bond donors (Lipinski definition) is 1. The lowest BCUT2D eigenvalue weighted by Crippen LogP contribution is -2.18. The number of carbonyl (C=O) groups excluding carboxylic acids is 1. The van der Waals surface area contributed by atoms with Crippen molar-refractivity contribution < 1.29 is 4.79 Å². The summed E-state index contributed by atoms with van der Waals surface area (Å²) in [6, 6.07) is 3.71. The van der Waals surface area contributed by atoms with E-state index in [-0.39, 0.29) is 5.91 Å². The first kappa shape index (κ1) is 14.2. The Morgan fingerprint density at radius 1 is 1.24 bits per heavy atom. The number of amides is 1. The highest BCUT2D eigenvalue weighted by Gasteiger charge is 2.17.